The smallest absolute Gasteiger partial charge is 0.319 e. The van der Waals surface area contributed by atoms with Crippen molar-refractivity contribution in [3.8, 4) is 0 Å². The minimum Gasteiger partial charge on any atom is -0.334 e. The topological polar surface area (TPSA) is 65.5 Å². The maximum absolute atomic E-state index is 13.4. The van der Waals surface area contributed by atoms with Crippen molar-refractivity contribution in [3.63, 3.8) is 0 Å². The van der Waals surface area contributed by atoms with Crippen LogP contribution in [0, 0.1) is 6.92 Å². The molecule has 2 aliphatic rings. The van der Waals surface area contributed by atoms with E-state index in [2.05, 4.69) is 10.3 Å². The molecule has 7 heteroatoms. The highest BCUT2D eigenvalue weighted by molar-refractivity contribution is 6.30. The second-order valence-corrected chi connectivity index (χ2v) is 8.69. The zero-order valence-electron chi connectivity index (χ0n) is 17.7. The summed E-state index contributed by atoms with van der Waals surface area (Å²) in [5, 5.41) is 3.64. The molecule has 1 saturated heterocycles. The molecule has 3 heterocycles. The van der Waals surface area contributed by atoms with Gasteiger partial charge in [0.1, 0.15) is 0 Å². The van der Waals surface area contributed by atoms with E-state index in [-0.39, 0.29) is 11.9 Å². The van der Waals surface area contributed by atoms with Crippen molar-refractivity contribution in [1.29, 1.82) is 0 Å². The van der Waals surface area contributed by atoms with Crippen LogP contribution in [0.5, 0.6) is 0 Å². The SMILES string of the molecule is Cc1ccc(CNC(=O)N2CCN3C(=O)c4cccnc4C[C@]23c2ccc(Cl)cc2)cc1. The van der Waals surface area contributed by atoms with E-state index in [0.717, 1.165) is 11.1 Å². The number of nitrogens with one attached hydrogen (secondary N) is 1. The second kappa shape index (κ2) is 7.95. The average Bonchev–Trinajstić information content (AvgIpc) is 3.20. The summed E-state index contributed by atoms with van der Waals surface area (Å²) in [5.41, 5.74) is 3.38. The van der Waals surface area contributed by atoms with Gasteiger partial charge in [-0.25, -0.2) is 4.79 Å². The van der Waals surface area contributed by atoms with Crippen molar-refractivity contribution in [3.05, 3.63) is 99.8 Å². The summed E-state index contributed by atoms with van der Waals surface area (Å²) in [6.45, 7) is 3.33. The molecule has 3 aromatic rings. The Morgan fingerprint density at radius 2 is 1.84 bits per heavy atom. The Kier molecular flexibility index (Phi) is 5.10. The van der Waals surface area contributed by atoms with Gasteiger partial charge in [-0.1, -0.05) is 53.6 Å². The second-order valence-electron chi connectivity index (χ2n) is 8.25. The number of benzene rings is 2. The number of amides is 3. The molecule has 0 radical (unpaired) electrons. The Balaban J connectivity index is 1.52. The zero-order valence-corrected chi connectivity index (χ0v) is 18.5. The number of pyridine rings is 1. The largest absolute Gasteiger partial charge is 0.334 e. The molecule has 0 bridgehead atoms. The van der Waals surface area contributed by atoms with Gasteiger partial charge < -0.3 is 10.2 Å². The molecular weight excluding hydrogens is 424 g/mol. The number of nitrogens with zero attached hydrogens (tertiary/aromatic N) is 3. The number of aryl methyl sites for hydroxylation is 1. The van der Waals surface area contributed by atoms with E-state index in [1.54, 1.807) is 40.3 Å². The van der Waals surface area contributed by atoms with E-state index >= 15 is 0 Å². The third kappa shape index (κ3) is 3.31. The predicted octanol–water partition coefficient (Wildman–Crippen LogP) is 4.12. The lowest BCUT2D eigenvalue weighted by molar-refractivity contribution is 0.0194. The van der Waals surface area contributed by atoms with E-state index in [4.69, 9.17) is 11.6 Å². The molecular formula is C25H23ClN4O2. The monoisotopic (exact) mass is 446 g/mol. The van der Waals surface area contributed by atoms with Crippen LogP contribution < -0.4 is 5.32 Å². The molecule has 5 rings (SSSR count). The standard InChI is InChI=1S/C25H23ClN4O2/c1-17-4-6-18(7-5-17)16-28-24(32)30-14-13-29-23(31)21-3-2-12-27-22(21)15-25(29,30)19-8-10-20(26)11-9-19/h2-12H,13-16H2,1H3,(H,28,32)/t25-/m1/s1. The van der Waals surface area contributed by atoms with Crippen LogP contribution in [0.1, 0.15) is 32.7 Å². The highest BCUT2D eigenvalue weighted by Crippen LogP contribution is 2.44. The molecule has 1 fully saturated rings. The van der Waals surface area contributed by atoms with Crippen molar-refractivity contribution in [2.75, 3.05) is 13.1 Å². The van der Waals surface area contributed by atoms with Gasteiger partial charge in [-0.05, 0) is 42.3 Å². The first-order valence-corrected chi connectivity index (χ1v) is 11.0. The van der Waals surface area contributed by atoms with Crippen LogP contribution in [-0.4, -0.2) is 39.8 Å². The van der Waals surface area contributed by atoms with Crippen LogP contribution in [0.15, 0.2) is 66.9 Å². The Morgan fingerprint density at radius 3 is 2.59 bits per heavy atom. The van der Waals surface area contributed by atoms with Crippen molar-refractivity contribution in [2.24, 2.45) is 0 Å². The molecule has 3 amide bonds. The fourth-order valence-electron chi connectivity index (χ4n) is 4.71. The van der Waals surface area contributed by atoms with Crippen LogP contribution in [0.2, 0.25) is 5.02 Å². The predicted molar refractivity (Wildman–Crippen MR) is 122 cm³/mol. The van der Waals surface area contributed by atoms with Gasteiger partial charge in [0.15, 0.2) is 5.66 Å². The number of hydrogen-bond donors (Lipinski definition) is 1. The Morgan fingerprint density at radius 1 is 1.09 bits per heavy atom. The van der Waals surface area contributed by atoms with Gasteiger partial charge in [0.25, 0.3) is 5.91 Å². The van der Waals surface area contributed by atoms with Gasteiger partial charge in [0.05, 0.1) is 11.3 Å². The quantitative estimate of drug-likeness (QED) is 0.658. The van der Waals surface area contributed by atoms with Gasteiger partial charge in [-0.2, -0.15) is 0 Å². The van der Waals surface area contributed by atoms with E-state index in [0.29, 0.717) is 42.3 Å². The van der Waals surface area contributed by atoms with Gasteiger partial charge in [-0.3, -0.25) is 14.7 Å². The van der Waals surface area contributed by atoms with Gasteiger partial charge in [0.2, 0.25) is 0 Å². The Labute approximate surface area is 191 Å². The fourth-order valence-corrected chi connectivity index (χ4v) is 4.83. The summed E-state index contributed by atoms with van der Waals surface area (Å²) in [5.74, 6) is -0.108. The third-order valence-corrected chi connectivity index (χ3v) is 6.59. The van der Waals surface area contributed by atoms with Crippen LogP contribution in [0.4, 0.5) is 4.79 Å². The minimum absolute atomic E-state index is 0.108. The Bertz CT molecular complexity index is 1180. The molecule has 2 aromatic carbocycles. The fraction of sp³-hybridized carbons (Fsp3) is 0.240. The number of fused-ring (bicyclic) bond motifs is 2. The first kappa shape index (κ1) is 20.5. The Hall–Kier alpha value is -3.38. The minimum atomic E-state index is -0.944. The molecule has 2 aliphatic heterocycles. The highest BCUT2D eigenvalue weighted by atomic mass is 35.5. The van der Waals surface area contributed by atoms with Gasteiger partial charge in [-0.15, -0.1) is 0 Å². The van der Waals surface area contributed by atoms with Gasteiger partial charge in [0, 0.05) is 37.3 Å². The van der Waals surface area contributed by atoms with E-state index in [9.17, 15) is 9.59 Å². The van der Waals surface area contributed by atoms with E-state index in [1.807, 2.05) is 43.3 Å². The molecule has 0 aliphatic carbocycles. The van der Waals surface area contributed by atoms with Crippen molar-refractivity contribution < 1.29 is 9.59 Å². The van der Waals surface area contributed by atoms with Crippen LogP contribution in [-0.2, 0) is 18.6 Å². The third-order valence-electron chi connectivity index (χ3n) is 6.34. The molecule has 6 nitrogen and oxygen atoms in total. The first-order chi connectivity index (χ1) is 15.5. The lowest BCUT2D eigenvalue weighted by Crippen LogP contribution is -2.60. The first-order valence-electron chi connectivity index (χ1n) is 10.6. The molecule has 1 aromatic heterocycles. The van der Waals surface area contributed by atoms with E-state index < -0.39 is 5.66 Å². The van der Waals surface area contributed by atoms with Crippen LogP contribution >= 0.6 is 11.6 Å². The molecule has 1 N–H and O–H groups in total. The van der Waals surface area contributed by atoms with Crippen molar-refractivity contribution >= 4 is 23.5 Å². The number of rotatable bonds is 3. The van der Waals surface area contributed by atoms with E-state index in [1.165, 1.54) is 5.56 Å². The summed E-state index contributed by atoms with van der Waals surface area (Å²) in [7, 11) is 0. The number of hydrogen-bond acceptors (Lipinski definition) is 3. The normalized spacial score (nSPS) is 19.5. The molecule has 0 saturated carbocycles. The lowest BCUT2D eigenvalue weighted by Gasteiger charge is -2.46. The lowest BCUT2D eigenvalue weighted by atomic mass is 9.86. The van der Waals surface area contributed by atoms with Crippen LogP contribution in [0.3, 0.4) is 0 Å². The molecule has 0 unspecified atom stereocenters. The molecule has 1 atom stereocenters. The van der Waals surface area contributed by atoms with Crippen molar-refractivity contribution in [1.82, 2.24) is 20.1 Å². The summed E-state index contributed by atoms with van der Waals surface area (Å²) in [6.07, 6.45) is 2.11. The molecule has 32 heavy (non-hydrogen) atoms. The maximum Gasteiger partial charge on any atom is 0.319 e. The van der Waals surface area contributed by atoms with Crippen molar-refractivity contribution in [2.45, 2.75) is 25.6 Å². The van der Waals surface area contributed by atoms with Crippen LogP contribution in [0.25, 0.3) is 0 Å². The number of carbonyl (C=O) groups is 2. The maximum atomic E-state index is 13.4. The summed E-state index contributed by atoms with van der Waals surface area (Å²) >= 11 is 6.14. The summed E-state index contributed by atoms with van der Waals surface area (Å²) in [6, 6.07) is 18.8. The number of urea groups is 1. The average molecular weight is 447 g/mol. The molecule has 162 valence electrons. The molecule has 0 spiro atoms. The number of halogens is 1. The highest BCUT2D eigenvalue weighted by Gasteiger charge is 2.56. The zero-order chi connectivity index (χ0) is 22.3. The summed E-state index contributed by atoms with van der Waals surface area (Å²) in [4.78, 5) is 34.9. The summed E-state index contributed by atoms with van der Waals surface area (Å²) < 4.78 is 0. The number of aromatic nitrogens is 1. The number of carbonyl (C=O) groups excluding carboxylic acids is 2. The van der Waals surface area contributed by atoms with Gasteiger partial charge >= 0.3 is 6.03 Å².